The number of hydrogen-bond acceptors (Lipinski definition) is 4. The molecule has 5 nitrogen and oxygen atoms in total. The lowest BCUT2D eigenvalue weighted by molar-refractivity contribution is 0.302. The van der Waals surface area contributed by atoms with Crippen LogP contribution >= 0.6 is 0 Å². The van der Waals surface area contributed by atoms with Gasteiger partial charge >= 0.3 is 0 Å². The monoisotopic (exact) mass is 371 g/mol. The molecule has 0 saturated carbocycles. The zero-order valence-corrected chi connectivity index (χ0v) is 15.4. The van der Waals surface area contributed by atoms with E-state index in [-0.39, 0.29) is 0 Å². The minimum atomic E-state index is 0.517. The van der Waals surface area contributed by atoms with Gasteiger partial charge in [-0.05, 0) is 53.6 Å². The fraction of sp³-hybridized carbons (Fsp3) is 0.130. The fourth-order valence-electron chi connectivity index (χ4n) is 2.82. The molecule has 0 aliphatic heterocycles. The van der Waals surface area contributed by atoms with Crippen LogP contribution in [0.3, 0.4) is 0 Å². The molecule has 0 bridgehead atoms. The number of benzene rings is 2. The van der Waals surface area contributed by atoms with Crippen LogP contribution in [0.1, 0.15) is 11.3 Å². The maximum atomic E-state index is 5.87. The largest absolute Gasteiger partial charge is 0.493 e. The first-order valence-electron chi connectivity index (χ1n) is 9.21. The molecule has 4 rings (SSSR count). The van der Waals surface area contributed by atoms with Crippen molar-refractivity contribution in [2.75, 3.05) is 6.61 Å². The van der Waals surface area contributed by atoms with Crippen molar-refractivity contribution in [3.05, 3.63) is 96.4 Å². The van der Waals surface area contributed by atoms with E-state index in [1.807, 2.05) is 48.5 Å². The lowest BCUT2D eigenvalue weighted by atomic mass is 10.1. The summed E-state index contributed by atoms with van der Waals surface area (Å²) >= 11 is 0. The van der Waals surface area contributed by atoms with E-state index < -0.39 is 0 Å². The second-order valence-corrected chi connectivity index (χ2v) is 6.35. The Morgan fingerprint density at radius 2 is 1.54 bits per heavy atom. The van der Waals surface area contributed by atoms with E-state index in [4.69, 9.17) is 9.47 Å². The van der Waals surface area contributed by atoms with Gasteiger partial charge in [-0.2, -0.15) is 5.10 Å². The molecule has 0 aliphatic carbocycles. The Kier molecular flexibility index (Phi) is 5.63. The van der Waals surface area contributed by atoms with Crippen LogP contribution in [0.5, 0.6) is 11.5 Å². The Morgan fingerprint density at radius 3 is 2.21 bits per heavy atom. The Balaban J connectivity index is 1.25. The van der Waals surface area contributed by atoms with E-state index in [2.05, 4.69) is 39.4 Å². The van der Waals surface area contributed by atoms with Crippen molar-refractivity contribution in [2.45, 2.75) is 13.0 Å². The predicted octanol–water partition coefficient (Wildman–Crippen LogP) is 4.67. The highest BCUT2D eigenvalue weighted by atomic mass is 16.5. The molecule has 0 radical (unpaired) electrons. The number of aromatic amines is 1. The van der Waals surface area contributed by atoms with Crippen molar-refractivity contribution >= 4 is 0 Å². The van der Waals surface area contributed by atoms with E-state index in [1.54, 1.807) is 12.4 Å². The Morgan fingerprint density at radius 1 is 0.750 bits per heavy atom. The number of H-pyrrole nitrogens is 1. The standard InChI is InChI=1S/C23H21N3O2/c1-2-14-24-20(3-1)13-16-27-21-8-10-22(11-9-21)28-17-18-4-6-19(7-5-18)23-12-15-25-26-23/h1-12,14-15H,13,16-17H2,(H,25,26). The molecule has 0 aliphatic rings. The van der Waals surface area contributed by atoms with Gasteiger partial charge in [0.1, 0.15) is 18.1 Å². The second kappa shape index (κ2) is 8.86. The maximum absolute atomic E-state index is 5.87. The van der Waals surface area contributed by atoms with Crippen molar-refractivity contribution in [3.8, 4) is 22.8 Å². The van der Waals surface area contributed by atoms with Crippen molar-refractivity contribution in [2.24, 2.45) is 0 Å². The summed E-state index contributed by atoms with van der Waals surface area (Å²) in [5, 5.41) is 6.94. The topological polar surface area (TPSA) is 60.0 Å². The smallest absolute Gasteiger partial charge is 0.120 e. The van der Waals surface area contributed by atoms with Crippen LogP contribution in [-0.4, -0.2) is 21.8 Å². The first-order valence-corrected chi connectivity index (χ1v) is 9.21. The second-order valence-electron chi connectivity index (χ2n) is 6.35. The van der Waals surface area contributed by atoms with Gasteiger partial charge in [-0.15, -0.1) is 0 Å². The Bertz CT molecular complexity index is 967. The molecule has 140 valence electrons. The molecule has 2 aromatic heterocycles. The van der Waals surface area contributed by atoms with Gasteiger partial charge in [-0.25, -0.2) is 0 Å². The van der Waals surface area contributed by atoms with Gasteiger partial charge < -0.3 is 9.47 Å². The molecule has 4 aromatic rings. The quantitative estimate of drug-likeness (QED) is 0.489. The number of hydrogen-bond donors (Lipinski definition) is 1. The van der Waals surface area contributed by atoms with Crippen LogP contribution in [0.15, 0.2) is 85.2 Å². The summed E-state index contributed by atoms with van der Waals surface area (Å²) < 4.78 is 11.6. The molecule has 0 fully saturated rings. The first kappa shape index (κ1) is 17.8. The summed E-state index contributed by atoms with van der Waals surface area (Å²) in [6, 6.07) is 23.8. The lowest BCUT2D eigenvalue weighted by Crippen LogP contribution is -2.02. The SMILES string of the molecule is c1ccc(CCOc2ccc(OCc3ccc(-c4ccn[nH]4)cc3)cc2)nc1. The third-order valence-electron chi connectivity index (χ3n) is 4.35. The van der Waals surface area contributed by atoms with E-state index in [1.165, 1.54) is 0 Å². The molecule has 2 aromatic carbocycles. The van der Waals surface area contributed by atoms with Gasteiger partial charge in [-0.1, -0.05) is 30.3 Å². The van der Waals surface area contributed by atoms with E-state index in [0.29, 0.717) is 13.2 Å². The number of ether oxygens (including phenoxy) is 2. The average molecular weight is 371 g/mol. The van der Waals surface area contributed by atoms with Crippen LogP contribution in [0.2, 0.25) is 0 Å². The third kappa shape index (κ3) is 4.76. The molecule has 0 spiro atoms. The molecule has 0 saturated heterocycles. The van der Waals surface area contributed by atoms with Gasteiger partial charge in [0, 0.05) is 24.5 Å². The molecule has 1 N–H and O–H groups in total. The van der Waals surface area contributed by atoms with Gasteiger partial charge in [-0.3, -0.25) is 10.1 Å². The highest BCUT2D eigenvalue weighted by Crippen LogP contribution is 2.20. The minimum absolute atomic E-state index is 0.517. The zero-order valence-electron chi connectivity index (χ0n) is 15.4. The Labute approximate surface area is 164 Å². The Hall–Kier alpha value is -3.60. The van der Waals surface area contributed by atoms with Crippen LogP contribution in [0.25, 0.3) is 11.3 Å². The van der Waals surface area contributed by atoms with Gasteiger partial charge in [0.05, 0.1) is 12.3 Å². The molecule has 5 heteroatoms. The van der Waals surface area contributed by atoms with Crippen LogP contribution in [-0.2, 0) is 13.0 Å². The number of rotatable bonds is 8. The summed E-state index contributed by atoms with van der Waals surface area (Å²) in [6.45, 7) is 1.11. The summed E-state index contributed by atoms with van der Waals surface area (Å²) in [7, 11) is 0. The molecule has 0 unspecified atom stereocenters. The van der Waals surface area contributed by atoms with Crippen molar-refractivity contribution in [1.82, 2.24) is 15.2 Å². The molecule has 28 heavy (non-hydrogen) atoms. The summed E-state index contributed by atoms with van der Waals surface area (Å²) in [5.74, 6) is 1.64. The number of nitrogens with zero attached hydrogens (tertiary/aromatic N) is 2. The molecular weight excluding hydrogens is 350 g/mol. The van der Waals surface area contributed by atoms with Gasteiger partial charge in [0.25, 0.3) is 0 Å². The molecule has 0 amide bonds. The highest BCUT2D eigenvalue weighted by Gasteiger charge is 2.01. The number of pyridine rings is 1. The van der Waals surface area contributed by atoms with E-state index >= 15 is 0 Å². The predicted molar refractivity (Wildman–Crippen MR) is 108 cm³/mol. The van der Waals surface area contributed by atoms with Crippen molar-refractivity contribution in [1.29, 1.82) is 0 Å². The number of aromatic nitrogens is 3. The fourth-order valence-corrected chi connectivity index (χ4v) is 2.82. The van der Waals surface area contributed by atoms with Crippen molar-refractivity contribution < 1.29 is 9.47 Å². The van der Waals surface area contributed by atoms with Crippen LogP contribution in [0, 0.1) is 0 Å². The van der Waals surface area contributed by atoms with Gasteiger partial charge in [0.2, 0.25) is 0 Å². The summed E-state index contributed by atoms with van der Waals surface area (Å²) in [6.07, 6.45) is 4.33. The van der Waals surface area contributed by atoms with Crippen molar-refractivity contribution in [3.63, 3.8) is 0 Å². The zero-order chi connectivity index (χ0) is 19.0. The van der Waals surface area contributed by atoms with Crippen LogP contribution in [0.4, 0.5) is 0 Å². The van der Waals surface area contributed by atoms with Crippen LogP contribution < -0.4 is 9.47 Å². The highest BCUT2D eigenvalue weighted by molar-refractivity contribution is 5.58. The average Bonchev–Trinajstić information content (AvgIpc) is 3.29. The van der Waals surface area contributed by atoms with E-state index in [0.717, 1.165) is 40.4 Å². The maximum Gasteiger partial charge on any atom is 0.120 e. The molecule has 0 atom stereocenters. The summed E-state index contributed by atoms with van der Waals surface area (Å²) in [4.78, 5) is 4.29. The van der Waals surface area contributed by atoms with Gasteiger partial charge in [0.15, 0.2) is 0 Å². The molecular formula is C23H21N3O2. The minimum Gasteiger partial charge on any atom is -0.493 e. The van der Waals surface area contributed by atoms with E-state index in [9.17, 15) is 0 Å². The normalized spacial score (nSPS) is 10.6. The number of nitrogens with one attached hydrogen (secondary N) is 1. The summed E-state index contributed by atoms with van der Waals surface area (Å²) in [5.41, 5.74) is 4.25. The first-order chi connectivity index (χ1) is 13.9. The molecule has 2 heterocycles. The lowest BCUT2D eigenvalue weighted by Gasteiger charge is -2.09. The third-order valence-corrected chi connectivity index (χ3v) is 4.35.